The smallest absolute Gasteiger partial charge is 0.191 e. The molecule has 8 heteroatoms. The molecule has 0 saturated carbocycles. The Bertz CT molecular complexity index is 886. The Balaban J connectivity index is 0.00000363. The van der Waals surface area contributed by atoms with Gasteiger partial charge in [0.25, 0.3) is 0 Å². The number of methoxy groups -OCH3 is 2. The summed E-state index contributed by atoms with van der Waals surface area (Å²) in [4.78, 5) is 4.34. The third-order valence-electron chi connectivity index (χ3n) is 5.33. The molecule has 176 valence electrons. The van der Waals surface area contributed by atoms with Crippen molar-refractivity contribution in [3.63, 3.8) is 0 Å². The third-order valence-corrected chi connectivity index (χ3v) is 5.33. The summed E-state index contributed by atoms with van der Waals surface area (Å²) < 4.78 is 22.3. The van der Waals surface area contributed by atoms with Gasteiger partial charge in [-0.3, -0.25) is 4.99 Å². The molecule has 0 aromatic heterocycles. The van der Waals surface area contributed by atoms with E-state index in [1.54, 1.807) is 21.3 Å². The molecule has 2 aromatic carbocycles. The van der Waals surface area contributed by atoms with Gasteiger partial charge in [-0.05, 0) is 37.1 Å². The number of ether oxygens (including phenoxy) is 4. The first kappa shape index (κ1) is 26.1. The summed E-state index contributed by atoms with van der Waals surface area (Å²) in [5.74, 6) is 3.61. The fourth-order valence-electron chi connectivity index (χ4n) is 3.44. The predicted molar refractivity (Wildman–Crippen MR) is 138 cm³/mol. The van der Waals surface area contributed by atoms with E-state index in [-0.39, 0.29) is 24.0 Å². The van der Waals surface area contributed by atoms with Crippen LogP contribution in [0, 0.1) is 12.8 Å². The lowest BCUT2D eigenvalue weighted by Gasteiger charge is -2.17. The average molecular weight is 555 g/mol. The van der Waals surface area contributed by atoms with Crippen molar-refractivity contribution in [1.82, 2.24) is 10.6 Å². The fraction of sp³-hybridized carbons (Fsp3) is 0.458. The lowest BCUT2D eigenvalue weighted by atomic mass is 10.1. The number of benzene rings is 2. The predicted octanol–water partition coefficient (Wildman–Crippen LogP) is 3.91. The van der Waals surface area contributed by atoms with E-state index in [0.717, 1.165) is 48.0 Å². The minimum Gasteiger partial charge on any atom is -0.497 e. The molecule has 0 spiro atoms. The summed E-state index contributed by atoms with van der Waals surface area (Å²) in [6.07, 6.45) is 1.06. The molecule has 0 aliphatic carbocycles. The second-order valence-corrected chi connectivity index (χ2v) is 7.61. The minimum atomic E-state index is 0. The van der Waals surface area contributed by atoms with Gasteiger partial charge in [-0.1, -0.05) is 12.1 Å². The maximum absolute atomic E-state index is 6.14. The first-order valence-electron chi connectivity index (χ1n) is 10.6. The van der Waals surface area contributed by atoms with E-state index in [0.29, 0.717) is 31.6 Å². The molecule has 0 bridgehead atoms. The minimum absolute atomic E-state index is 0. The first-order chi connectivity index (χ1) is 15.1. The van der Waals surface area contributed by atoms with Gasteiger partial charge >= 0.3 is 0 Å². The molecule has 1 unspecified atom stereocenters. The molecule has 1 saturated heterocycles. The lowest BCUT2D eigenvalue weighted by Crippen LogP contribution is -2.36. The third kappa shape index (κ3) is 7.44. The molecular formula is C24H34IN3O4. The van der Waals surface area contributed by atoms with E-state index in [2.05, 4.69) is 40.7 Å². The number of aliphatic imine (C=N–C) groups is 1. The van der Waals surface area contributed by atoms with Crippen molar-refractivity contribution in [2.45, 2.75) is 26.4 Å². The van der Waals surface area contributed by atoms with Gasteiger partial charge in [0, 0.05) is 49.9 Å². The number of hydrogen-bond donors (Lipinski definition) is 2. The van der Waals surface area contributed by atoms with Gasteiger partial charge in [0.05, 0.1) is 27.4 Å². The number of nitrogens with one attached hydrogen (secondary N) is 2. The zero-order chi connectivity index (χ0) is 22.1. The average Bonchev–Trinajstić information content (AvgIpc) is 3.32. The summed E-state index contributed by atoms with van der Waals surface area (Å²) >= 11 is 0. The van der Waals surface area contributed by atoms with E-state index >= 15 is 0 Å². The van der Waals surface area contributed by atoms with Crippen molar-refractivity contribution >= 4 is 29.9 Å². The second kappa shape index (κ2) is 13.4. The maximum atomic E-state index is 6.14. The van der Waals surface area contributed by atoms with Crippen LogP contribution in [0.4, 0.5) is 0 Å². The monoisotopic (exact) mass is 555 g/mol. The number of nitrogens with zero attached hydrogens (tertiary/aromatic N) is 1. The molecule has 2 N–H and O–H groups in total. The van der Waals surface area contributed by atoms with Gasteiger partial charge in [-0.2, -0.15) is 0 Å². The molecule has 0 amide bonds. The summed E-state index contributed by atoms with van der Waals surface area (Å²) in [7, 11) is 5.05. The Morgan fingerprint density at radius 3 is 2.38 bits per heavy atom. The zero-order valence-electron chi connectivity index (χ0n) is 19.3. The Labute approximate surface area is 207 Å². The van der Waals surface area contributed by atoms with Crippen molar-refractivity contribution in [2.24, 2.45) is 10.9 Å². The van der Waals surface area contributed by atoms with Crippen molar-refractivity contribution in [3.05, 3.63) is 53.1 Å². The number of rotatable bonds is 9. The van der Waals surface area contributed by atoms with Gasteiger partial charge in [0.1, 0.15) is 17.2 Å². The Kier molecular flexibility index (Phi) is 10.9. The molecule has 2 aromatic rings. The molecule has 1 fully saturated rings. The van der Waals surface area contributed by atoms with Crippen molar-refractivity contribution in [1.29, 1.82) is 0 Å². The Hall–Kier alpha value is -2.20. The number of hydrogen-bond acceptors (Lipinski definition) is 5. The van der Waals surface area contributed by atoms with E-state index in [1.165, 1.54) is 5.56 Å². The summed E-state index contributed by atoms with van der Waals surface area (Å²) in [5.41, 5.74) is 3.29. The largest absolute Gasteiger partial charge is 0.497 e. The van der Waals surface area contributed by atoms with Gasteiger partial charge in [-0.15, -0.1) is 24.0 Å². The molecule has 0 radical (unpaired) electrons. The summed E-state index contributed by atoms with van der Waals surface area (Å²) in [6.45, 7) is 5.55. The SMILES string of the molecule is CN=C(NCc1ccc(OC)cc1OC)NCc1ccc(C)cc1OCC1CCOC1.I. The van der Waals surface area contributed by atoms with E-state index in [4.69, 9.17) is 18.9 Å². The standard InChI is InChI=1S/C24H33N3O4.HI/c1-17-5-6-20(23(11-17)31-16-18-9-10-30-15-18)14-27-24(25-2)26-13-19-7-8-21(28-3)12-22(19)29-4;/h5-8,11-12,18H,9-10,13-16H2,1-4H3,(H2,25,26,27);1H. The van der Waals surface area contributed by atoms with Crippen LogP contribution in [0.1, 0.15) is 23.1 Å². The number of aryl methyl sites for hydroxylation is 1. The van der Waals surface area contributed by atoms with Gasteiger partial charge in [-0.25, -0.2) is 0 Å². The molecule has 1 atom stereocenters. The maximum Gasteiger partial charge on any atom is 0.191 e. The Morgan fingerprint density at radius 2 is 1.75 bits per heavy atom. The molecule has 7 nitrogen and oxygen atoms in total. The van der Waals surface area contributed by atoms with Crippen LogP contribution in [0.3, 0.4) is 0 Å². The van der Waals surface area contributed by atoms with E-state index in [9.17, 15) is 0 Å². The van der Waals surface area contributed by atoms with Crippen LogP contribution in [-0.4, -0.2) is 47.0 Å². The van der Waals surface area contributed by atoms with Crippen LogP contribution in [0.5, 0.6) is 17.2 Å². The highest BCUT2D eigenvalue weighted by Gasteiger charge is 2.17. The molecular weight excluding hydrogens is 521 g/mol. The van der Waals surface area contributed by atoms with E-state index in [1.807, 2.05) is 18.2 Å². The van der Waals surface area contributed by atoms with Crippen molar-refractivity contribution in [2.75, 3.05) is 41.1 Å². The normalized spacial score (nSPS) is 15.6. The molecule has 32 heavy (non-hydrogen) atoms. The van der Waals surface area contributed by atoms with E-state index < -0.39 is 0 Å². The van der Waals surface area contributed by atoms with Crippen molar-refractivity contribution < 1.29 is 18.9 Å². The molecule has 1 heterocycles. The fourth-order valence-corrected chi connectivity index (χ4v) is 3.44. The van der Waals surface area contributed by atoms with Crippen LogP contribution < -0.4 is 24.8 Å². The van der Waals surface area contributed by atoms with Gasteiger partial charge in [0.2, 0.25) is 0 Å². The highest BCUT2D eigenvalue weighted by atomic mass is 127. The Morgan fingerprint density at radius 1 is 1.03 bits per heavy atom. The molecule has 1 aliphatic rings. The highest BCUT2D eigenvalue weighted by molar-refractivity contribution is 14.0. The van der Waals surface area contributed by atoms with Gasteiger partial charge in [0.15, 0.2) is 5.96 Å². The lowest BCUT2D eigenvalue weighted by molar-refractivity contribution is 0.166. The van der Waals surface area contributed by atoms with Crippen LogP contribution >= 0.6 is 24.0 Å². The van der Waals surface area contributed by atoms with Gasteiger partial charge < -0.3 is 29.6 Å². The molecule has 3 rings (SSSR count). The van der Waals surface area contributed by atoms with Crippen LogP contribution in [0.25, 0.3) is 0 Å². The van der Waals surface area contributed by atoms with Crippen LogP contribution in [-0.2, 0) is 17.8 Å². The second-order valence-electron chi connectivity index (χ2n) is 7.61. The quantitative estimate of drug-likeness (QED) is 0.278. The summed E-state index contributed by atoms with van der Waals surface area (Å²) in [5, 5.41) is 6.71. The summed E-state index contributed by atoms with van der Waals surface area (Å²) in [6, 6.07) is 12.1. The topological polar surface area (TPSA) is 73.3 Å². The highest BCUT2D eigenvalue weighted by Crippen LogP contribution is 2.25. The van der Waals surface area contributed by atoms with Crippen LogP contribution in [0.2, 0.25) is 0 Å². The zero-order valence-corrected chi connectivity index (χ0v) is 21.6. The van der Waals surface area contributed by atoms with Crippen molar-refractivity contribution in [3.8, 4) is 17.2 Å². The number of halogens is 1. The first-order valence-corrected chi connectivity index (χ1v) is 10.6. The number of guanidine groups is 1. The molecule has 1 aliphatic heterocycles. The van der Waals surface area contributed by atoms with Crippen LogP contribution in [0.15, 0.2) is 41.4 Å².